The highest BCUT2D eigenvalue weighted by molar-refractivity contribution is 7.72. The second-order valence-corrected chi connectivity index (χ2v) is 8.21. The average Bonchev–Trinajstić information content (AvgIpc) is 2.70. The Labute approximate surface area is 171 Å². The van der Waals surface area contributed by atoms with Gasteiger partial charge in [-0.15, -0.1) is 0 Å². The Bertz CT molecular complexity index is 905. The molecule has 8 heteroatoms. The van der Waals surface area contributed by atoms with Crippen LogP contribution in [0.4, 0.5) is 5.69 Å². The number of piperazine rings is 1. The number of halogens is 1. The molecule has 1 saturated heterocycles. The van der Waals surface area contributed by atoms with Gasteiger partial charge in [0.25, 0.3) is 5.91 Å². The van der Waals surface area contributed by atoms with Crippen molar-refractivity contribution >= 4 is 33.9 Å². The first-order valence-corrected chi connectivity index (χ1v) is 10.6. The fourth-order valence-corrected chi connectivity index (χ4v) is 3.73. The second-order valence-electron chi connectivity index (χ2n) is 6.80. The van der Waals surface area contributed by atoms with E-state index in [0.29, 0.717) is 41.8 Å². The zero-order valence-corrected chi connectivity index (χ0v) is 17.5. The highest BCUT2D eigenvalue weighted by Crippen LogP contribution is 2.26. The maximum absolute atomic E-state index is 12.5. The molecule has 0 saturated carbocycles. The van der Waals surface area contributed by atoms with Crippen molar-refractivity contribution in [3.63, 3.8) is 0 Å². The van der Waals surface area contributed by atoms with Gasteiger partial charge in [-0.05, 0) is 61.4 Å². The SMILES string of the molecule is Cc1cc(OCC(=O)N2CCN(c3ccc([SH](=O)=O)cc3)CC2)cc(C)c1Cl. The van der Waals surface area contributed by atoms with E-state index in [1.807, 2.05) is 26.0 Å². The van der Waals surface area contributed by atoms with E-state index in [-0.39, 0.29) is 12.5 Å². The molecule has 0 unspecified atom stereocenters. The fraction of sp³-hybridized carbons (Fsp3) is 0.350. The summed E-state index contributed by atoms with van der Waals surface area (Å²) >= 11 is 6.16. The number of thiol groups is 1. The molecule has 0 radical (unpaired) electrons. The number of nitrogens with zero attached hydrogens (tertiary/aromatic N) is 2. The lowest BCUT2D eigenvalue weighted by molar-refractivity contribution is -0.133. The van der Waals surface area contributed by atoms with E-state index in [2.05, 4.69) is 4.90 Å². The van der Waals surface area contributed by atoms with E-state index in [4.69, 9.17) is 16.3 Å². The van der Waals surface area contributed by atoms with Crippen LogP contribution in [0.15, 0.2) is 41.3 Å². The monoisotopic (exact) mass is 422 g/mol. The highest BCUT2D eigenvalue weighted by Gasteiger charge is 2.21. The smallest absolute Gasteiger partial charge is 0.260 e. The van der Waals surface area contributed by atoms with Crippen molar-refractivity contribution in [2.45, 2.75) is 18.7 Å². The summed E-state index contributed by atoms with van der Waals surface area (Å²) < 4.78 is 27.6. The van der Waals surface area contributed by atoms with Crippen LogP contribution in [-0.2, 0) is 15.5 Å². The van der Waals surface area contributed by atoms with Gasteiger partial charge in [0, 0.05) is 36.9 Å². The number of ether oxygens (including phenoxy) is 1. The lowest BCUT2D eigenvalue weighted by atomic mass is 10.1. The summed E-state index contributed by atoms with van der Waals surface area (Å²) in [4.78, 5) is 16.7. The van der Waals surface area contributed by atoms with Gasteiger partial charge >= 0.3 is 0 Å². The van der Waals surface area contributed by atoms with Crippen LogP contribution in [0.2, 0.25) is 5.02 Å². The number of amides is 1. The highest BCUT2D eigenvalue weighted by atomic mass is 35.5. The molecule has 3 rings (SSSR count). The fourth-order valence-electron chi connectivity index (χ4n) is 3.23. The molecule has 2 aromatic carbocycles. The molecule has 1 aliphatic heterocycles. The Balaban J connectivity index is 1.52. The predicted molar refractivity (Wildman–Crippen MR) is 110 cm³/mol. The van der Waals surface area contributed by atoms with Crippen molar-refractivity contribution in [2.75, 3.05) is 37.7 Å². The lowest BCUT2D eigenvalue weighted by Crippen LogP contribution is -2.50. The molecule has 150 valence electrons. The van der Waals surface area contributed by atoms with Crippen LogP contribution < -0.4 is 9.64 Å². The summed E-state index contributed by atoms with van der Waals surface area (Å²) in [5.74, 6) is 0.590. The van der Waals surface area contributed by atoms with Crippen LogP contribution >= 0.6 is 11.6 Å². The van der Waals surface area contributed by atoms with E-state index in [1.165, 1.54) is 0 Å². The van der Waals surface area contributed by atoms with Gasteiger partial charge in [0.2, 0.25) is 0 Å². The molecule has 1 aliphatic rings. The first-order valence-electron chi connectivity index (χ1n) is 9.02. The number of carbonyl (C=O) groups is 1. The van der Waals surface area contributed by atoms with Gasteiger partial charge in [0.05, 0.1) is 4.90 Å². The van der Waals surface area contributed by atoms with Crippen LogP contribution in [0.3, 0.4) is 0 Å². The van der Waals surface area contributed by atoms with Crippen LogP contribution in [-0.4, -0.2) is 52.0 Å². The standard InChI is InChI=1S/C20H23ClN2O4S/c1-14-11-17(12-15(2)20(14)21)27-13-19(24)23-9-7-22(8-10-23)16-3-5-18(6-4-16)28(25)26/h3-6,11-12,28H,7-10,13H2,1-2H3. The first-order chi connectivity index (χ1) is 13.3. The third-order valence-corrected chi connectivity index (χ3v) is 6.15. The van der Waals surface area contributed by atoms with E-state index in [1.54, 1.807) is 29.2 Å². The third-order valence-electron chi connectivity index (χ3n) is 4.83. The molecule has 0 spiro atoms. The summed E-state index contributed by atoms with van der Waals surface area (Å²) in [7, 11) is -2.56. The van der Waals surface area contributed by atoms with E-state index in [0.717, 1.165) is 16.8 Å². The van der Waals surface area contributed by atoms with E-state index >= 15 is 0 Å². The van der Waals surface area contributed by atoms with Gasteiger partial charge in [-0.1, -0.05) is 11.6 Å². The molecule has 1 amide bonds. The molecule has 28 heavy (non-hydrogen) atoms. The molecule has 6 nitrogen and oxygen atoms in total. The summed E-state index contributed by atoms with van der Waals surface area (Å²) in [6.07, 6.45) is 0. The summed E-state index contributed by atoms with van der Waals surface area (Å²) in [6, 6.07) is 10.5. The third kappa shape index (κ3) is 4.77. The van der Waals surface area contributed by atoms with Crippen LogP contribution in [0.5, 0.6) is 5.75 Å². The van der Waals surface area contributed by atoms with Crippen molar-refractivity contribution in [2.24, 2.45) is 0 Å². The molecule has 0 N–H and O–H groups in total. The normalized spacial score (nSPS) is 14.4. The number of anilines is 1. The van der Waals surface area contributed by atoms with Crippen LogP contribution in [0.1, 0.15) is 11.1 Å². The number of carbonyl (C=O) groups excluding carboxylic acids is 1. The zero-order valence-electron chi connectivity index (χ0n) is 15.9. The Kier molecular flexibility index (Phi) is 6.46. The van der Waals surface area contributed by atoms with Crippen molar-refractivity contribution in [1.82, 2.24) is 4.90 Å². The number of aryl methyl sites for hydroxylation is 2. The van der Waals surface area contributed by atoms with Gasteiger partial charge in [0.1, 0.15) is 5.75 Å². The number of hydrogen-bond donors (Lipinski definition) is 1. The molecule has 0 aromatic heterocycles. The average molecular weight is 423 g/mol. The van der Waals surface area contributed by atoms with Crippen LogP contribution in [0.25, 0.3) is 0 Å². The molecular formula is C20H23ClN2O4S. The molecule has 2 aromatic rings. The zero-order chi connectivity index (χ0) is 20.3. The molecule has 0 atom stereocenters. The van der Waals surface area contributed by atoms with Crippen molar-refractivity contribution in [3.8, 4) is 5.75 Å². The molecule has 0 bridgehead atoms. The second kappa shape index (κ2) is 8.84. The number of rotatable bonds is 5. The number of hydrogen-bond acceptors (Lipinski definition) is 5. The Morgan fingerprint density at radius 3 is 2.14 bits per heavy atom. The van der Waals surface area contributed by atoms with E-state index < -0.39 is 10.7 Å². The van der Waals surface area contributed by atoms with Crippen molar-refractivity contribution < 1.29 is 17.9 Å². The molecule has 0 aliphatic carbocycles. The maximum atomic E-state index is 12.5. The van der Waals surface area contributed by atoms with Crippen molar-refractivity contribution in [1.29, 1.82) is 0 Å². The Morgan fingerprint density at radius 2 is 1.61 bits per heavy atom. The summed E-state index contributed by atoms with van der Waals surface area (Å²) in [5, 5.41) is 0.713. The van der Waals surface area contributed by atoms with Gasteiger partial charge in [-0.3, -0.25) is 4.79 Å². The van der Waals surface area contributed by atoms with Crippen molar-refractivity contribution in [3.05, 3.63) is 52.5 Å². The quantitative estimate of drug-likeness (QED) is 0.750. The molecule has 1 fully saturated rings. The minimum absolute atomic E-state index is 0.00818. The van der Waals surface area contributed by atoms with Crippen LogP contribution in [0, 0.1) is 13.8 Å². The predicted octanol–water partition coefficient (Wildman–Crippen LogP) is 2.65. The maximum Gasteiger partial charge on any atom is 0.260 e. The van der Waals surface area contributed by atoms with Gasteiger partial charge in [0.15, 0.2) is 17.3 Å². The molecular weight excluding hydrogens is 400 g/mol. The lowest BCUT2D eigenvalue weighted by Gasteiger charge is -2.36. The molecule has 1 heterocycles. The summed E-state index contributed by atoms with van der Waals surface area (Å²) in [6.45, 7) is 6.38. The van der Waals surface area contributed by atoms with Gasteiger partial charge in [-0.2, -0.15) is 0 Å². The summed E-state index contributed by atoms with van der Waals surface area (Å²) in [5.41, 5.74) is 2.80. The van der Waals surface area contributed by atoms with Gasteiger partial charge < -0.3 is 14.5 Å². The largest absolute Gasteiger partial charge is 0.484 e. The Hall–Kier alpha value is -2.25. The minimum atomic E-state index is -2.56. The number of benzene rings is 2. The minimum Gasteiger partial charge on any atom is -0.484 e. The van der Waals surface area contributed by atoms with E-state index in [9.17, 15) is 13.2 Å². The first kappa shape index (κ1) is 20.5. The topological polar surface area (TPSA) is 66.9 Å². The Morgan fingerprint density at radius 1 is 1.04 bits per heavy atom. The van der Waals surface area contributed by atoms with Gasteiger partial charge in [-0.25, -0.2) is 8.42 Å².